The Bertz CT molecular complexity index is 545. The van der Waals surface area contributed by atoms with Gasteiger partial charge in [-0.3, -0.25) is 4.40 Å². The van der Waals surface area contributed by atoms with Gasteiger partial charge in [0.15, 0.2) is 5.69 Å². The molecule has 5 heteroatoms. The molecule has 0 aliphatic carbocycles. The summed E-state index contributed by atoms with van der Waals surface area (Å²) in [5.74, 6) is -0.168. The zero-order valence-electron chi connectivity index (χ0n) is 9.23. The first kappa shape index (κ1) is 10.5. The molecule has 5 nitrogen and oxygen atoms in total. The molecule has 0 fully saturated rings. The predicted molar refractivity (Wildman–Crippen MR) is 60.3 cm³/mol. The summed E-state index contributed by atoms with van der Waals surface area (Å²) in [5.41, 5.74) is 7.70. The van der Waals surface area contributed by atoms with Gasteiger partial charge in [0.1, 0.15) is 11.5 Å². The van der Waals surface area contributed by atoms with E-state index in [0.717, 1.165) is 5.56 Å². The number of imidazole rings is 1. The molecule has 2 aromatic rings. The number of nitrogens with zero attached hydrogens (tertiary/aromatic N) is 2. The molecule has 0 atom stereocenters. The summed E-state index contributed by atoms with van der Waals surface area (Å²) in [5, 5.41) is 0. The SMILES string of the molecule is CCOC(=O)c1nc2ccc(C)cn2c1N. The molecular formula is C11H13N3O2. The molecule has 2 heterocycles. The van der Waals surface area contributed by atoms with E-state index in [1.165, 1.54) is 0 Å². The molecule has 84 valence electrons. The maximum atomic E-state index is 11.5. The van der Waals surface area contributed by atoms with Crippen molar-refractivity contribution in [3.05, 3.63) is 29.6 Å². The summed E-state index contributed by atoms with van der Waals surface area (Å²) in [6.07, 6.45) is 1.83. The van der Waals surface area contributed by atoms with Crippen molar-refractivity contribution >= 4 is 17.4 Å². The Hall–Kier alpha value is -2.04. The Balaban J connectivity index is 2.56. The van der Waals surface area contributed by atoms with Crippen molar-refractivity contribution in [2.75, 3.05) is 12.3 Å². The number of hydrogen-bond donors (Lipinski definition) is 1. The van der Waals surface area contributed by atoms with Gasteiger partial charge >= 0.3 is 5.97 Å². The second-order valence-electron chi connectivity index (χ2n) is 3.50. The summed E-state index contributed by atoms with van der Waals surface area (Å²) < 4.78 is 6.56. The van der Waals surface area contributed by atoms with Crippen molar-refractivity contribution in [1.29, 1.82) is 0 Å². The maximum Gasteiger partial charge on any atom is 0.360 e. The topological polar surface area (TPSA) is 69.6 Å². The fourth-order valence-electron chi connectivity index (χ4n) is 1.52. The number of ether oxygens (including phenoxy) is 1. The monoisotopic (exact) mass is 219 g/mol. The Labute approximate surface area is 92.8 Å². The number of rotatable bonds is 2. The smallest absolute Gasteiger partial charge is 0.360 e. The zero-order valence-corrected chi connectivity index (χ0v) is 9.23. The van der Waals surface area contributed by atoms with E-state index >= 15 is 0 Å². The average molecular weight is 219 g/mol. The van der Waals surface area contributed by atoms with E-state index in [1.54, 1.807) is 11.3 Å². The lowest BCUT2D eigenvalue weighted by atomic mass is 10.3. The van der Waals surface area contributed by atoms with Crippen LogP contribution in [0.4, 0.5) is 5.82 Å². The summed E-state index contributed by atoms with van der Waals surface area (Å²) in [6.45, 7) is 4.00. The van der Waals surface area contributed by atoms with Gasteiger partial charge in [-0.2, -0.15) is 0 Å². The number of hydrogen-bond acceptors (Lipinski definition) is 4. The van der Waals surface area contributed by atoms with E-state index in [2.05, 4.69) is 4.98 Å². The lowest BCUT2D eigenvalue weighted by Crippen LogP contribution is -2.08. The van der Waals surface area contributed by atoms with Gasteiger partial charge in [0.05, 0.1) is 6.61 Å². The van der Waals surface area contributed by atoms with Crippen LogP contribution in [0.15, 0.2) is 18.3 Å². The lowest BCUT2D eigenvalue weighted by Gasteiger charge is -1.99. The highest BCUT2D eigenvalue weighted by Crippen LogP contribution is 2.16. The van der Waals surface area contributed by atoms with Crippen LogP contribution in [-0.2, 0) is 4.74 Å². The first-order chi connectivity index (χ1) is 7.63. The van der Waals surface area contributed by atoms with E-state index in [1.807, 2.05) is 25.3 Å². The average Bonchev–Trinajstić information content (AvgIpc) is 2.57. The van der Waals surface area contributed by atoms with Crippen molar-refractivity contribution in [2.45, 2.75) is 13.8 Å². The summed E-state index contributed by atoms with van der Waals surface area (Å²) in [7, 11) is 0. The second kappa shape index (κ2) is 3.84. The van der Waals surface area contributed by atoms with Gasteiger partial charge in [-0.05, 0) is 25.5 Å². The molecule has 0 aromatic carbocycles. The van der Waals surface area contributed by atoms with E-state index < -0.39 is 5.97 Å². The number of anilines is 1. The Kier molecular flexibility index (Phi) is 2.52. The molecule has 2 N–H and O–H groups in total. The van der Waals surface area contributed by atoms with Crippen LogP contribution in [0.3, 0.4) is 0 Å². The number of nitrogens with two attached hydrogens (primary N) is 1. The van der Waals surface area contributed by atoms with Crippen LogP contribution >= 0.6 is 0 Å². The maximum absolute atomic E-state index is 11.5. The fraction of sp³-hybridized carbons (Fsp3) is 0.273. The van der Waals surface area contributed by atoms with Gasteiger partial charge in [0.2, 0.25) is 0 Å². The second-order valence-corrected chi connectivity index (χ2v) is 3.50. The molecule has 0 saturated heterocycles. The molecule has 0 aliphatic heterocycles. The highest BCUT2D eigenvalue weighted by Gasteiger charge is 2.17. The summed E-state index contributed by atoms with van der Waals surface area (Å²) in [4.78, 5) is 15.7. The van der Waals surface area contributed by atoms with Crippen molar-refractivity contribution in [2.24, 2.45) is 0 Å². The Morgan fingerprint density at radius 1 is 1.56 bits per heavy atom. The lowest BCUT2D eigenvalue weighted by molar-refractivity contribution is 0.0521. The quantitative estimate of drug-likeness (QED) is 0.775. The molecule has 2 rings (SSSR count). The molecule has 0 spiro atoms. The van der Waals surface area contributed by atoms with Gasteiger partial charge in [0, 0.05) is 6.20 Å². The van der Waals surface area contributed by atoms with Crippen LogP contribution in [0.1, 0.15) is 23.0 Å². The van der Waals surface area contributed by atoms with Gasteiger partial charge in [-0.25, -0.2) is 9.78 Å². The number of pyridine rings is 1. The van der Waals surface area contributed by atoms with Crippen molar-refractivity contribution in [3.8, 4) is 0 Å². The minimum Gasteiger partial charge on any atom is -0.461 e. The minimum absolute atomic E-state index is 0.174. The van der Waals surface area contributed by atoms with Crippen LogP contribution in [0.2, 0.25) is 0 Å². The van der Waals surface area contributed by atoms with Crippen LogP contribution < -0.4 is 5.73 Å². The highest BCUT2D eigenvalue weighted by molar-refractivity contribution is 5.93. The first-order valence-electron chi connectivity index (χ1n) is 5.04. The largest absolute Gasteiger partial charge is 0.461 e. The molecule has 0 aliphatic rings. The summed E-state index contributed by atoms with van der Waals surface area (Å²) >= 11 is 0. The number of carbonyl (C=O) groups is 1. The van der Waals surface area contributed by atoms with E-state index in [0.29, 0.717) is 18.1 Å². The Morgan fingerprint density at radius 3 is 3.00 bits per heavy atom. The van der Waals surface area contributed by atoms with Crippen LogP contribution in [0.25, 0.3) is 5.65 Å². The zero-order chi connectivity index (χ0) is 11.7. The third kappa shape index (κ3) is 1.60. The molecule has 0 amide bonds. The normalized spacial score (nSPS) is 10.6. The standard InChI is InChI=1S/C11H13N3O2/c1-3-16-11(15)9-10(12)14-6-7(2)4-5-8(14)13-9/h4-6H,3,12H2,1-2H3. The predicted octanol–water partition coefficient (Wildman–Crippen LogP) is 1.40. The van der Waals surface area contributed by atoms with E-state index in [9.17, 15) is 4.79 Å². The highest BCUT2D eigenvalue weighted by atomic mass is 16.5. The third-order valence-electron chi connectivity index (χ3n) is 2.27. The fourth-order valence-corrected chi connectivity index (χ4v) is 1.52. The van der Waals surface area contributed by atoms with Gasteiger partial charge in [0.25, 0.3) is 0 Å². The molecule has 0 bridgehead atoms. The van der Waals surface area contributed by atoms with Gasteiger partial charge in [-0.1, -0.05) is 6.07 Å². The van der Waals surface area contributed by atoms with E-state index in [4.69, 9.17) is 10.5 Å². The van der Waals surface area contributed by atoms with Gasteiger partial charge < -0.3 is 10.5 Å². The number of fused-ring (bicyclic) bond motifs is 1. The van der Waals surface area contributed by atoms with Crippen LogP contribution in [0.5, 0.6) is 0 Å². The van der Waals surface area contributed by atoms with Crippen LogP contribution in [0, 0.1) is 6.92 Å². The summed E-state index contributed by atoms with van der Waals surface area (Å²) in [6, 6.07) is 3.73. The van der Waals surface area contributed by atoms with Crippen molar-refractivity contribution in [1.82, 2.24) is 9.38 Å². The first-order valence-corrected chi connectivity index (χ1v) is 5.04. The number of nitrogen functional groups attached to an aromatic ring is 1. The minimum atomic E-state index is -0.485. The Morgan fingerprint density at radius 2 is 2.31 bits per heavy atom. The molecular weight excluding hydrogens is 206 g/mol. The van der Waals surface area contributed by atoms with Crippen molar-refractivity contribution in [3.63, 3.8) is 0 Å². The molecule has 0 unspecified atom stereocenters. The van der Waals surface area contributed by atoms with Crippen molar-refractivity contribution < 1.29 is 9.53 Å². The van der Waals surface area contributed by atoms with Gasteiger partial charge in [-0.15, -0.1) is 0 Å². The number of aromatic nitrogens is 2. The van der Waals surface area contributed by atoms with E-state index in [-0.39, 0.29) is 5.69 Å². The molecule has 0 saturated carbocycles. The molecule has 2 aromatic heterocycles. The number of carbonyl (C=O) groups excluding carboxylic acids is 1. The molecule has 16 heavy (non-hydrogen) atoms. The van der Waals surface area contributed by atoms with Crippen LogP contribution in [-0.4, -0.2) is 22.0 Å². The third-order valence-corrected chi connectivity index (χ3v) is 2.27. The number of aryl methyl sites for hydroxylation is 1. The molecule has 0 radical (unpaired) electrons. The number of esters is 1.